The van der Waals surface area contributed by atoms with Gasteiger partial charge in [-0.3, -0.25) is 9.69 Å². The number of likely N-dealkylation sites (tertiary alicyclic amines) is 2. The normalized spacial score (nSPS) is 20.2. The minimum absolute atomic E-state index is 0.127. The van der Waals surface area contributed by atoms with Gasteiger partial charge in [0.15, 0.2) is 0 Å². The molecule has 2 fully saturated rings. The first-order valence-corrected chi connectivity index (χ1v) is 16.3. The highest BCUT2D eigenvalue weighted by molar-refractivity contribution is 5.87. The molecule has 2 saturated heterocycles. The van der Waals surface area contributed by atoms with Crippen molar-refractivity contribution in [3.05, 3.63) is 47.7 Å². The molecule has 0 spiro atoms. The third-order valence-electron chi connectivity index (χ3n) is 8.68. The van der Waals surface area contributed by atoms with E-state index in [-0.39, 0.29) is 24.6 Å². The van der Waals surface area contributed by atoms with Crippen LogP contribution in [-0.4, -0.2) is 87.8 Å². The molecule has 3 amide bonds. The van der Waals surface area contributed by atoms with Crippen LogP contribution >= 0.6 is 0 Å². The number of piperidine rings is 1. The molecule has 5 rings (SSSR count). The van der Waals surface area contributed by atoms with Crippen molar-refractivity contribution < 1.29 is 28.6 Å². The predicted octanol–water partition coefficient (Wildman–Crippen LogP) is 5.56. The number of hydrogen-bond acceptors (Lipinski definition) is 8. The summed E-state index contributed by atoms with van der Waals surface area (Å²) in [4.78, 5) is 48.6. The fourth-order valence-corrected chi connectivity index (χ4v) is 6.25. The molecule has 0 aliphatic carbocycles. The number of nitriles is 1. The average Bonchev–Trinajstić information content (AvgIpc) is 3.51. The zero-order valence-corrected chi connectivity index (χ0v) is 27.5. The lowest BCUT2D eigenvalue weighted by Gasteiger charge is -2.39. The quantitative estimate of drug-likeness (QED) is 0.406. The molecular formula is C35H45N5O6. The summed E-state index contributed by atoms with van der Waals surface area (Å²) in [5.74, 6) is 0.673. The topological polar surface area (TPSA) is 125 Å². The number of rotatable bonds is 6. The third kappa shape index (κ3) is 7.90. The lowest BCUT2D eigenvalue weighted by Crippen LogP contribution is -2.55. The Morgan fingerprint density at radius 2 is 1.72 bits per heavy atom. The van der Waals surface area contributed by atoms with Gasteiger partial charge in [-0.25, -0.2) is 14.6 Å². The number of carbonyl (C=O) groups is 3. The SMILES string of the molecule is CC(C)OC(=O)N1CCC(COc2ccc(-c3ccc4c(c3)CN(C(=O)OC(C)(C)C)C(C(=O)N3CCCC3C#N)C4)cn2)CC1. The van der Waals surface area contributed by atoms with Gasteiger partial charge in [0, 0.05) is 43.9 Å². The van der Waals surface area contributed by atoms with Crippen LogP contribution in [0.15, 0.2) is 36.5 Å². The summed E-state index contributed by atoms with van der Waals surface area (Å²) in [5, 5.41) is 9.58. The number of fused-ring (bicyclic) bond motifs is 1. The summed E-state index contributed by atoms with van der Waals surface area (Å²) in [6.07, 6.45) is 4.33. The second-order valence-corrected chi connectivity index (χ2v) is 13.7. The van der Waals surface area contributed by atoms with Crippen molar-refractivity contribution in [1.29, 1.82) is 5.26 Å². The smallest absolute Gasteiger partial charge is 0.411 e. The molecule has 2 atom stereocenters. The zero-order valence-electron chi connectivity index (χ0n) is 27.5. The summed E-state index contributed by atoms with van der Waals surface area (Å²) >= 11 is 0. The van der Waals surface area contributed by atoms with Gasteiger partial charge in [0.1, 0.15) is 17.7 Å². The molecular weight excluding hydrogens is 586 g/mol. The maximum Gasteiger partial charge on any atom is 0.411 e. The zero-order chi connectivity index (χ0) is 33.0. The Hall–Kier alpha value is -4.33. The van der Waals surface area contributed by atoms with Gasteiger partial charge in [-0.15, -0.1) is 0 Å². The highest BCUT2D eigenvalue weighted by atomic mass is 16.6. The molecule has 0 bridgehead atoms. The number of ether oxygens (including phenoxy) is 3. The van der Waals surface area contributed by atoms with Gasteiger partial charge < -0.3 is 24.0 Å². The van der Waals surface area contributed by atoms with E-state index in [9.17, 15) is 19.6 Å². The van der Waals surface area contributed by atoms with E-state index < -0.39 is 23.8 Å². The molecule has 4 heterocycles. The van der Waals surface area contributed by atoms with Gasteiger partial charge in [-0.1, -0.05) is 12.1 Å². The third-order valence-corrected chi connectivity index (χ3v) is 8.68. The average molecular weight is 632 g/mol. The molecule has 46 heavy (non-hydrogen) atoms. The molecule has 0 N–H and O–H groups in total. The molecule has 11 heteroatoms. The molecule has 3 aliphatic rings. The Morgan fingerprint density at radius 3 is 2.37 bits per heavy atom. The fourth-order valence-electron chi connectivity index (χ4n) is 6.25. The maximum atomic E-state index is 13.7. The van der Waals surface area contributed by atoms with Crippen LogP contribution in [0.4, 0.5) is 9.59 Å². The molecule has 1 aromatic heterocycles. The number of benzene rings is 1. The highest BCUT2D eigenvalue weighted by Gasteiger charge is 2.41. The molecule has 3 aliphatic heterocycles. The first-order valence-electron chi connectivity index (χ1n) is 16.3. The molecule has 2 aromatic rings. The van der Waals surface area contributed by atoms with Crippen LogP contribution in [0.25, 0.3) is 11.1 Å². The minimum Gasteiger partial charge on any atom is -0.477 e. The second kappa shape index (κ2) is 14.0. The number of carbonyl (C=O) groups excluding carboxylic acids is 3. The van der Waals surface area contributed by atoms with E-state index in [0.717, 1.165) is 41.5 Å². The van der Waals surface area contributed by atoms with Gasteiger partial charge in [0.05, 0.1) is 25.3 Å². The molecule has 2 unspecified atom stereocenters. The number of nitrogens with zero attached hydrogens (tertiary/aromatic N) is 5. The van der Waals surface area contributed by atoms with E-state index in [4.69, 9.17) is 14.2 Å². The van der Waals surface area contributed by atoms with Crippen molar-refractivity contribution in [3.63, 3.8) is 0 Å². The Labute approximate surface area is 271 Å². The molecule has 1 aromatic carbocycles. The Morgan fingerprint density at radius 1 is 0.978 bits per heavy atom. The van der Waals surface area contributed by atoms with Gasteiger partial charge in [-0.2, -0.15) is 5.26 Å². The summed E-state index contributed by atoms with van der Waals surface area (Å²) in [5.41, 5.74) is 3.06. The molecule has 246 valence electrons. The molecule has 11 nitrogen and oxygen atoms in total. The maximum absolute atomic E-state index is 13.7. The molecule has 0 radical (unpaired) electrons. The van der Waals surface area contributed by atoms with Crippen LogP contribution in [-0.2, 0) is 27.2 Å². The van der Waals surface area contributed by atoms with Gasteiger partial charge in [0.2, 0.25) is 11.8 Å². The largest absolute Gasteiger partial charge is 0.477 e. The van der Waals surface area contributed by atoms with Crippen molar-refractivity contribution in [1.82, 2.24) is 19.7 Å². The van der Waals surface area contributed by atoms with Gasteiger partial charge in [-0.05, 0) is 95.0 Å². The summed E-state index contributed by atoms with van der Waals surface area (Å²) in [6, 6.07) is 10.9. The van der Waals surface area contributed by atoms with Crippen LogP contribution in [0.5, 0.6) is 5.88 Å². The second-order valence-electron chi connectivity index (χ2n) is 13.7. The van der Waals surface area contributed by atoms with Crippen LogP contribution in [0.1, 0.15) is 71.4 Å². The van der Waals surface area contributed by atoms with Crippen molar-refractivity contribution in [2.75, 3.05) is 26.2 Å². The van der Waals surface area contributed by atoms with E-state index in [1.165, 1.54) is 4.90 Å². The van der Waals surface area contributed by atoms with Crippen LogP contribution in [0.3, 0.4) is 0 Å². The first kappa shape index (κ1) is 33.0. The summed E-state index contributed by atoms with van der Waals surface area (Å²) in [6.45, 7) is 11.7. The van der Waals surface area contributed by atoms with Gasteiger partial charge in [0.25, 0.3) is 0 Å². The van der Waals surface area contributed by atoms with Crippen LogP contribution < -0.4 is 4.74 Å². The van der Waals surface area contributed by atoms with Crippen LogP contribution in [0.2, 0.25) is 0 Å². The summed E-state index contributed by atoms with van der Waals surface area (Å²) in [7, 11) is 0. The molecule has 0 saturated carbocycles. The van der Waals surface area contributed by atoms with E-state index in [2.05, 4.69) is 11.1 Å². The standard InChI is InChI=1S/C35H45N5O6/c1-23(2)45-33(42)38-15-12-24(13-16-38)22-44-31-11-10-27(20-37-31)25-8-9-26-18-30(32(41)39-14-6-7-29(39)19-36)40(21-28(26)17-25)34(43)46-35(3,4)5/h8-11,17,20,23-24,29-30H,6-7,12-16,18,21-22H2,1-5H3. The van der Waals surface area contributed by atoms with Gasteiger partial charge >= 0.3 is 12.2 Å². The van der Waals surface area contributed by atoms with E-state index >= 15 is 0 Å². The Balaban J connectivity index is 1.24. The number of aromatic nitrogens is 1. The number of pyridine rings is 1. The monoisotopic (exact) mass is 631 g/mol. The number of amides is 3. The number of hydrogen-bond donors (Lipinski definition) is 0. The highest BCUT2D eigenvalue weighted by Crippen LogP contribution is 2.32. The van der Waals surface area contributed by atoms with Crippen molar-refractivity contribution in [3.8, 4) is 23.1 Å². The van der Waals surface area contributed by atoms with Crippen LogP contribution in [0, 0.1) is 17.2 Å². The Bertz CT molecular complexity index is 1460. The first-order chi connectivity index (χ1) is 21.9. The van der Waals surface area contributed by atoms with E-state index in [1.807, 2.05) is 44.2 Å². The predicted molar refractivity (Wildman–Crippen MR) is 171 cm³/mol. The fraction of sp³-hybridized carbons (Fsp3) is 0.571. The summed E-state index contributed by atoms with van der Waals surface area (Å²) < 4.78 is 17.0. The van der Waals surface area contributed by atoms with E-state index in [1.54, 1.807) is 36.8 Å². The lowest BCUT2D eigenvalue weighted by molar-refractivity contribution is -0.137. The van der Waals surface area contributed by atoms with E-state index in [0.29, 0.717) is 50.9 Å². The van der Waals surface area contributed by atoms with Crippen molar-refractivity contribution in [2.45, 2.75) is 97.1 Å². The Kier molecular flexibility index (Phi) is 10.0. The van der Waals surface area contributed by atoms with Crippen molar-refractivity contribution >= 4 is 18.1 Å². The minimum atomic E-state index is -0.735. The van der Waals surface area contributed by atoms with Crippen molar-refractivity contribution in [2.24, 2.45) is 5.92 Å². The lowest BCUT2D eigenvalue weighted by atomic mass is 9.90.